The number of anilines is 3. The Balaban J connectivity index is 1.41. The largest absolute Gasteiger partial charge is 0.382 e. The molecule has 0 fully saturated rings. The summed E-state index contributed by atoms with van der Waals surface area (Å²) >= 11 is 1.04. The van der Waals surface area contributed by atoms with E-state index < -0.39 is 11.5 Å². The van der Waals surface area contributed by atoms with E-state index in [4.69, 9.17) is 5.73 Å². The van der Waals surface area contributed by atoms with Crippen molar-refractivity contribution in [3.05, 3.63) is 88.2 Å². The highest BCUT2D eigenvalue weighted by Gasteiger charge is 2.15. The third kappa shape index (κ3) is 5.21. The second-order valence-electron chi connectivity index (χ2n) is 7.32. The Morgan fingerprint density at radius 3 is 2.48 bits per heavy atom. The summed E-state index contributed by atoms with van der Waals surface area (Å²) in [5.74, 6) is -0.838. The molecule has 2 amide bonds. The maximum Gasteiger partial charge on any atom is 0.277 e. The van der Waals surface area contributed by atoms with Crippen LogP contribution in [0.3, 0.4) is 0 Å². The lowest BCUT2D eigenvalue weighted by molar-refractivity contribution is -0.113. The normalized spacial score (nSPS) is 10.7. The first kappa shape index (κ1) is 22.1. The molecule has 0 aliphatic heterocycles. The van der Waals surface area contributed by atoms with E-state index in [1.807, 2.05) is 49.4 Å². The van der Waals surface area contributed by atoms with Gasteiger partial charge in [0.25, 0.3) is 11.5 Å². The standard InChI is InChI=1S/C24H21N5O3S/c1-14-9-11-16(12-10-14)22(31)27-20-21(25)28-24(29-23(20)32)33-13-19(30)26-18-8-4-6-15-5-2-3-7-17(15)18/h2-12H,13H2,1H3,(H,26,30)(H,27,31)(H3,25,28,29,32). The van der Waals surface area contributed by atoms with E-state index in [0.29, 0.717) is 11.3 Å². The average Bonchev–Trinajstić information content (AvgIpc) is 2.80. The second kappa shape index (κ2) is 9.58. The summed E-state index contributed by atoms with van der Waals surface area (Å²) in [5.41, 5.74) is 7.28. The lowest BCUT2D eigenvalue weighted by Gasteiger charge is -2.10. The highest BCUT2D eigenvalue weighted by Crippen LogP contribution is 2.24. The zero-order chi connectivity index (χ0) is 23.4. The Morgan fingerprint density at radius 2 is 1.73 bits per heavy atom. The maximum atomic E-state index is 12.5. The highest BCUT2D eigenvalue weighted by atomic mass is 32.2. The number of nitrogens with one attached hydrogen (secondary N) is 3. The van der Waals surface area contributed by atoms with Gasteiger partial charge in [-0.25, -0.2) is 4.98 Å². The van der Waals surface area contributed by atoms with Crippen LogP contribution in [0.15, 0.2) is 76.7 Å². The molecular weight excluding hydrogens is 438 g/mol. The Kier molecular flexibility index (Phi) is 6.41. The molecule has 0 saturated carbocycles. The molecule has 9 heteroatoms. The molecule has 0 aliphatic carbocycles. The van der Waals surface area contributed by atoms with Crippen LogP contribution in [-0.4, -0.2) is 27.5 Å². The van der Waals surface area contributed by atoms with Crippen molar-refractivity contribution in [3.63, 3.8) is 0 Å². The van der Waals surface area contributed by atoms with Crippen LogP contribution in [0.5, 0.6) is 0 Å². The summed E-state index contributed by atoms with van der Waals surface area (Å²) in [5, 5.41) is 7.50. The van der Waals surface area contributed by atoms with Crippen LogP contribution in [0.4, 0.5) is 17.2 Å². The summed E-state index contributed by atoms with van der Waals surface area (Å²) in [4.78, 5) is 44.0. The van der Waals surface area contributed by atoms with Crippen LogP contribution >= 0.6 is 11.8 Å². The summed E-state index contributed by atoms with van der Waals surface area (Å²) in [6.45, 7) is 1.91. The van der Waals surface area contributed by atoms with Gasteiger partial charge in [-0.1, -0.05) is 65.9 Å². The Morgan fingerprint density at radius 1 is 1.00 bits per heavy atom. The molecule has 0 aliphatic rings. The molecule has 0 radical (unpaired) electrons. The SMILES string of the molecule is Cc1ccc(C(=O)Nc2c(N)nc(SCC(=O)Nc3cccc4ccccc34)[nH]c2=O)cc1. The number of fused-ring (bicyclic) bond motifs is 1. The number of thioether (sulfide) groups is 1. The van der Waals surface area contributed by atoms with E-state index in [0.717, 1.165) is 28.1 Å². The number of carbonyl (C=O) groups excluding carboxylic acids is 2. The summed E-state index contributed by atoms with van der Waals surface area (Å²) in [7, 11) is 0. The van der Waals surface area contributed by atoms with Gasteiger partial charge in [0.05, 0.1) is 5.75 Å². The van der Waals surface area contributed by atoms with Gasteiger partial charge in [-0.3, -0.25) is 19.4 Å². The molecule has 0 bridgehead atoms. The number of H-pyrrole nitrogens is 1. The first-order chi connectivity index (χ1) is 15.9. The van der Waals surface area contributed by atoms with Crippen molar-refractivity contribution in [3.8, 4) is 0 Å². The Labute approximate surface area is 193 Å². The van der Waals surface area contributed by atoms with Crippen LogP contribution in [-0.2, 0) is 4.79 Å². The number of aromatic nitrogens is 2. The van der Waals surface area contributed by atoms with Gasteiger partial charge in [-0.15, -0.1) is 0 Å². The molecule has 0 unspecified atom stereocenters. The van der Waals surface area contributed by atoms with Crippen LogP contribution in [0, 0.1) is 6.92 Å². The number of nitrogens with two attached hydrogens (primary N) is 1. The maximum absolute atomic E-state index is 12.5. The summed E-state index contributed by atoms with van der Waals surface area (Å²) in [6, 6.07) is 20.3. The lowest BCUT2D eigenvalue weighted by atomic mass is 10.1. The number of aromatic amines is 1. The van der Waals surface area contributed by atoms with Gasteiger partial charge in [-0.05, 0) is 30.5 Å². The topological polar surface area (TPSA) is 130 Å². The van der Waals surface area contributed by atoms with E-state index in [2.05, 4.69) is 20.6 Å². The number of carbonyl (C=O) groups is 2. The predicted octanol–water partition coefficient (Wildman–Crippen LogP) is 3.80. The molecule has 4 aromatic rings. The molecule has 4 rings (SSSR count). The molecule has 5 N–H and O–H groups in total. The van der Waals surface area contributed by atoms with Gasteiger partial charge >= 0.3 is 0 Å². The molecule has 33 heavy (non-hydrogen) atoms. The van der Waals surface area contributed by atoms with E-state index in [1.54, 1.807) is 24.3 Å². The molecule has 0 saturated heterocycles. The van der Waals surface area contributed by atoms with Crippen molar-refractivity contribution in [1.82, 2.24) is 9.97 Å². The van der Waals surface area contributed by atoms with Crippen LogP contribution in [0.2, 0.25) is 0 Å². The quantitative estimate of drug-likeness (QED) is 0.256. The van der Waals surface area contributed by atoms with Gasteiger partial charge in [0.1, 0.15) is 5.69 Å². The first-order valence-corrected chi connectivity index (χ1v) is 11.1. The molecule has 0 spiro atoms. The number of nitrogen functional groups attached to an aromatic ring is 1. The van der Waals surface area contributed by atoms with Gasteiger partial charge < -0.3 is 16.4 Å². The fraction of sp³-hybridized carbons (Fsp3) is 0.0833. The number of benzene rings is 3. The fourth-order valence-electron chi connectivity index (χ4n) is 3.20. The number of hydrogen-bond acceptors (Lipinski definition) is 6. The highest BCUT2D eigenvalue weighted by molar-refractivity contribution is 7.99. The van der Waals surface area contributed by atoms with E-state index in [1.165, 1.54) is 0 Å². The van der Waals surface area contributed by atoms with Crippen LogP contribution in [0.1, 0.15) is 15.9 Å². The van der Waals surface area contributed by atoms with Crippen LogP contribution in [0.25, 0.3) is 10.8 Å². The predicted molar refractivity (Wildman–Crippen MR) is 132 cm³/mol. The number of nitrogens with zero attached hydrogens (tertiary/aromatic N) is 1. The first-order valence-electron chi connectivity index (χ1n) is 10.1. The Bertz CT molecular complexity index is 1390. The van der Waals surface area contributed by atoms with Crippen molar-refractivity contribution in [2.24, 2.45) is 0 Å². The fourth-order valence-corrected chi connectivity index (χ4v) is 3.87. The lowest BCUT2D eigenvalue weighted by Crippen LogP contribution is -2.23. The minimum Gasteiger partial charge on any atom is -0.382 e. The number of hydrogen-bond donors (Lipinski definition) is 4. The van der Waals surface area contributed by atoms with Gasteiger partial charge in [0.2, 0.25) is 5.91 Å². The molecule has 8 nitrogen and oxygen atoms in total. The average molecular weight is 460 g/mol. The van der Waals surface area contributed by atoms with Crippen molar-refractivity contribution >= 4 is 51.5 Å². The van der Waals surface area contributed by atoms with Crippen molar-refractivity contribution < 1.29 is 9.59 Å². The minimum absolute atomic E-state index is 0.0146. The molecule has 3 aromatic carbocycles. The third-order valence-corrected chi connectivity index (χ3v) is 5.75. The zero-order valence-electron chi connectivity index (χ0n) is 17.7. The molecule has 1 aromatic heterocycles. The number of aryl methyl sites for hydroxylation is 1. The van der Waals surface area contributed by atoms with E-state index >= 15 is 0 Å². The van der Waals surface area contributed by atoms with Crippen molar-refractivity contribution in [2.45, 2.75) is 12.1 Å². The van der Waals surface area contributed by atoms with E-state index in [9.17, 15) is 14.4 Å². The number of rotatable bonds is 6. The molecule has 0 atom stereocenters. The summed E-state index contributed by atoms with van der Waals surface area (Å²) in [6.07, 6.45) is 0. The van der Waals surface area contributed by atoms with E-state index in [-0.39, 0.29) is 28.3 Å². The van der Waals surface area contributed by atoms with Crippen molar-refractivity contribution in [1.29, 1.82) is 0 Å². The van der Waals surface area contributed by atoms with Gasteiger partial charge in [-0.2, -0.15) is 0 Å². The van der Waals surface area contributed by atoms with Crippen molar-refractivity contribution in [2.75, 3.05) is 22.1 Å². The molecular formula is C24H21N5O3S. The van der Waals surface area contributed by atoms with Crippen LogP contribution < -0.4 is 21.9 Å². The van der Waals surface area contributed by atoms with Gasteiger partial charge in [0, 0.05) is 16.6 Å². The molecule has 166 valence electrons. The second-order valence-corrected chi connectivity index (χ2v) is 8.28. The molecule has 1 heterocycles. The monoisotopic (exact) mass is 459 g/mol. The smallest absolute Gasteiger partial charge is 0.277 e. The zero-order valence-corrected chi connectivity index (χ0v) is 18.5. The number of amides is 2. The summed E-state index contributed by atoms with van der Waals surface area (Å²) < 4.78 is 0. The minimum atomic E-state index is -0.597. The third-order valence-electron chi connectivity index (χ3n) is 4.88. The Hall–Kier alpha value is -4.11. The van der Waals surface area contributed by atoms with Gasteiger partial charge in [0.15, 0.2) is 11.0 Å².